The van der Waals surface area contributed by atoms with Crippen LogP contribution in [0, 0.1) is 0 Å². The summed E-state index contributed by atoms with van der Waals surface area (Å²) in [7, 11) is 0. The van der Waals surface area contributed by atoms with E-state index in [9.17, 15) is 0 Å². The number of hydrogen-bond donors (Lipinski definition) is 1. The van der Waals surface area contributed by atoms with Gasteiger partial charge in [0.05, 0.1) is 12.7 Å². The lowest BCUT2D eigenvalue weighted by molar-refractivity contribution is -0.0692. The molecule has 1 aliphatic heterocycles. The summed E-state index contributed by atoms with van der Waals surface area (Å²) in [5.41, 5.74) is 0. The van der Waals surface area contributed by atoms with Crippen LogP contribution in [0.5, 0.6) is 0 Å². The van der Waals surface area contributed by atoms with E-state index >= 15 is 0 Å². The Kier molecular flexibility index (Phi) is 8.67. The molecule has 0 amide bonds. The van der Waals surface area contributed by atoms with Crippen molar-refractivity contribution in [2.24, 2.45) is 0 Å². The second kappa shape index (κ2) is 9.86. The van der Waals surface area contributed by atoms with Crippen molar-refractivity contribution in [3.8, 4) is 0 Å². The van der Waals surface area contributed by atoms with Crippen molar-refractivity contribution in [2.75, 3.05) is 26.4 Å². The maximum atomic E-state index is 5.94. The SMILES string of the molecule is CCCCCCCOC1COCCC1NCC. The Morgan fingerprint density at radius 1 is 1.18 bits per heavy atom. The standard InChI is InChI=1S/C14H29NO2/c1-3-5-6-7-8-10-17-14-12-16-11-9-13(14)15-4-2/h13-15H,3-12H2,1-2H3. The number of rotatable bonds is 9. The van der Waals surface area contributed by atoms with Crippen molar-refractivity contribution in [3.63, 3.8) is 0 Å². The summed E-state index contributed by atoms with van der Waals surface area (Å²) >= 11 is 0. The Morgan fingerprint density at radius 3 is 2.76 bits per heavy atom. The van der Waals surface area contributed by atoms with Gasteiger partial charge in [-0.3, -0.25) is 0 Å². The normalized spacial score (nSPS) is 25.1. The van der Waals surface area contributed by atoms with Crippen LogP contribution in [-0.2, 0) is 9.47 Å². The van der Waals surface area contributed by atoms with Gasteiger partial charge in [-0.15, -0.1) is 0 Å². The zero-order valence-electron chi connectivity index (χ0n) is 11.5. The fourth-order valence-electron chi connectivity index (χ4n) is 2.31. The molecule has 0 radical (unpaired) electrons. The molecule has 0 bridgehead atoms. The van der Waals surface area contributed by atoms with Gasteiger partial charge in [-0.2, -0.15) is 0 Å². The highest BCUT2D eigenvalue weighted by Gasteiger charge is 2.25. The fourth-order valence-corrected chi connectivity index (χ4v) is 2.31. The first kappa shape index (κ1) is 14.9. The first-order valence-corrected chi connectivity index (χ1v) is 7.31. The minimum absolute atomic E-state index is 0.259. The first-order valence-electron chi connectivity index (χ1n) is 7.31. The largest absolute Gasteiger partial charge is 0.379 e. The lowest BCUT2D eigenvalue weighted by atomic mass is 10.1. The van der Waals surface area contributed by atoms with E-state index in [2.05, 4.69) is 19.2 Å². The fraction of sp³-hybridized carbons (Fsp3) is 1.00. The summed E-state index contributed by atoms with van der Waals surface area (Å²) in [5, 5.41) is 3.49. The van der Waals surface area contributed by atoms with Crippen LogP contribution in [0.3, 0.4) is 0 Å². The first-order chi connectivity index (χ1) is 8.38. The van der Waals surface area contributed by atoms with Crippen molar-refractivity contribution in [3.05, 3.63) is 0 Å². The van der Waals surface area contributed by atoms with Crippen LogP contribution in [0.2, 0.25) is 0 Å². The van der Waals surface area contributed by atoms with E-state index in [-0.39, 0.29) is 6.10 Å². The van der Waals surface area contributed by atoms with Gasteiger partial charge in [-0.25, -0.2) is 0 Å². The third-order valence-electron chi connectivity index (χ3n) is 3.35. The van der Waals surface area contributed by atoms with Crippen LogP contribution in [0.25, 0.3) is 0 Å². The van der Waals surface area contributed by atoms with Crippen molar-refractivity contribution in [2.45, 2.75) is 64.5 Å². The van der Waals surface area contributed by atoms with Crippen molar-refractivity contribution in [1.29, 1.82) is 0 Å². The van der Waals surface area contributed by atoms with E-state index in [1.54, 1.807) is 0 Å². The van der Waals surface area contributed by atoms with Crippen molar-refractivity contribution in [1.82, 2.24) is 5.32 Å². The molecule has 102 valence electrons. The number of unbranched alkanes of at least 4 members (excludes halogenated alkanes) is 4. The third-order valence-corrected chi connectivity index (χ3v) is 3.35. The number of nitrogens with one attached hydrogen (secondary N) is 1. The van der Waals surface area contributed by atoms with E-state index in [1.807, 2.05) is 0 Å². The second-order valence-electron chi connectivity index (χ2n) is 4.85. The molecule has 0 aliphatic carbocycles. The zero-order valence-corrected chi connectivity index (χ0v) is 11.5. The van der Waals surface area contributed by atoms with Crippen LogP contribution >= 0.6 is 0 Å². The van der Waals surface area contributed by atoms with Gasteiger partial charge in [0, 0.05) is 19.3 Å². The Labute approximate surface area is 106 Å². The molecule has 1 saturated heterocycles. The molecule has 0 saturated carbocycles. The van der Waals surface area contributed by atoms with E-state index in [0.717, 1.165) is 32.8 Å². The molecule has 1 rings (SSSR count). The Morgan fingerprint density at radius 2 is 2.00 bits per heavy atom. The van der Waals surface area contributed by atoms with E-state index in [1.165, 1.54) is 32.1 Å². The number of hydrogen-bond acceptors (Lipinski definition) is 3. The molecular weight excluding hydrogens is 214 g/mol. The quantitative estimate of drug-likeness (QED) is 0.632. The molecule has 0 spiro atoms. The van der Waals surface area contributed by atoms with Crippen LogP contribution in [-0.4, -0.2) is 38.5 Å². The maximum Gasteiger partial charge on any atom is 0.0961 e. The second-order valence-corrected chi connectivity index (χ2v) is 4.85. The van der Waals surface area contributed by atoms with Gasteiger partial charge in [0.2, 0.25) is 0 Å². The van der Waals surface area contributed by atoms with E-state index < -0.39 is 0 Å². The van der Waals surface area contributed by atoms with Crippen molar-refractivity contribution >= 4 is 0 Å². The number of ether oxygens (including phenoxy) is 2. The van der Waals surface area contributed by atoms with Crippen LogP contribution in [0.1, 0.15) is 52.4 Å². The molecule has 2 atom stereocenters. The van der Waals surface area contributed by atoms with Gasteiger partial charge >= 0.3 is 0 Å². The predicted octanol–water partition coefficient (Wildman–Crippen LogP) is 2.74. The molecule has 1 N–H and O–H groups in total. The summed E-state index contributed by atoms with van der Waals surface area (Å²) in [5.74, 6) is 0. The molecular formula is C14H29NO2. The molecule has 1 fully saturated rings. The maximum absolute atomic E-state index is 5.94. The monoisotopic (exact) mass is 243 g/mol. The zero-order chi connectivity index (χ0) is 12.3. The van der Waals surface area contributed by atoms with Crippen LogP contribution < -0.4 is 5.32 Å². The minimum atomic E-state index is 0.259. The Balaban J connectivity index is 2.06. The molecule has 0 aromatic heterocycles. The highest BCUT2D eigenvalue weighted by atomic mass is 16.5. The highest BCUT2D eigenvalue weighted by Crippen LogP contribution is 2.12. The van der Waals surface area contributed by atoms with Gasteiger partial charge in [-0.05, 0) is 19.4 Å². The summed E-state index contributed by atoms with van der Waals surface area (Å²) in [6, 6.07) is 0.490. The molecule has 3 heteroatoms. The molecule has 1 aliphatic rings. The molecule has 2 unspecified atom stereocenters. The lowest BCUT2D eigenvalue weighted by Crippen LogP contribution is -2.47. The average Bonchev–Trinajstić information content (AvgIpc) is 2.36. The number of likely N-dealkylation sites (N-methyl/N-ethyl adjacent to an activating group) is 1. The summed E-state index contributed by atoms with van der Waals surface area (Å²) in [4.78, 5) is 0. The van der Waals surface area contributed by atoms with Gasteiger partial charge in [-0.1, -0.05) is 39.5 Å². The Bertz CT molecular complexity index is 174. The molecule has 3 nitrogen and oxygen atoms in total. The molecule has 0 aromatic carbocycles. The van der Waals surface area contributed by atoms with Crippen LogP contribution in [0.4, 0.5) is 0 Å². The lowest BCUT2D eigenvalue weighted by Gasteiger charge is -2.32. The van der Waals surface area contributed by atoms with Crippen molar-refractivity contribution < 1.29 is 9.47 Å². The van der Waals surface area contributed by atoms with Crippen LogP contribution in [0.15, 0.2) is 0 Å². The predicted molar refractivity (Wildman–Crippen MR) is 71.4 cm³/mol. The van der Waals surface area contributed by atoms with Gasteiger partial charge in [0.1, 0.15) is 0 Å². The summed E-state index contributed by atoms with van der Waals surface area (Å²) < 4.78 is 11.4. The van der Waals surface area contributed by atoms with Gasteiger partial charge < -0.3 is 14.8 Å². The third kappa shape index (κ3) is 6.39. The smallest absolute Gasteiger partial charge is 0.0961 e. The molecule has 0 aromatic rings. The summed E-state index contributed by atoms with van der Waals surface area (Å²) in [6.45, 7) is 7.93. The highest BCUT2D eigenvalue weighted by molar-refractivity contribution is 4.80. The van der Waals surface area contributed by atoms with E-state index in [0.29, 0.717) is 6.04 Å². The minimum Gasteiger partial charge on any atom is -0.379 e. The van der Waals surface area contributed by atoms with Gasteiger partial charge in [0.15, 0.2) is 0 Å². The van der Waals surface area contributed by atoms with E-state index in [4.69, 9.17) is 9.47 Å². The van der Waals surface area contributed by atoms with Gasteiger partial charge in [0.25, 0.3) is 0 Å². The average molecular weight is 243 g/mol. The summed E-state index contributed by atoms with van der Waals surface area (Å²) in [6.07, 6.45) is 7.83. The molecule has 1 heterocycles. The topological polar surface area (TPSA) is 30.5 Å². The molecule has 17 heavy (non-hydrogen) atoms. The Hall–Kier alpha value is -0.120.